The van der Waals surface area contributed by atoms with Gasteiger partial charge in [-0.25, -0.2) is 9.80 Å². The Labute approximate surface area is 198 Å². The first-order valence-electron chi connectivity index (χ1n) is 11.2. The monoisotopic (exact) mass is 458 g/mol. The van der Waals surface area contributed by atoms with Crippen molar-refractivity contribution in [2.24, 2.45) is 5.10 Å². The van der Waals surface area contributed by atoms with E-state index in [1.807, 2.05) is 60.5 Å². The maximum atomic E-state index is 11.9. The van der Waals surface area contributed by atoms with Crippen LogP contribution in [-0.4, -0.2) is 37.5 Å². The molecular formula is C27H26N2O5. The third-order valence-corrected chi connectivity index (χ3v) is 6.10. The van der Waals surface area contributed by atoms with E-state index in [0.717, 1.165) is 40.3 Å². The Kier molecular flexibility index (Phi) is 5.84. The Bertz CT molecular complexity index is 1240. The molecule has 0 fully saturated rings. The lowest BCUT2D eigenvalue weighted by molar-refractivity contribution is -0.0212. The minimum Gasteiger partial charge on any atom is -0.497 e. The normalized spacial score (nSPS) is 18.3. The van der Waals surface area contributed by atoms with Gasteiger partial charge in [-0.3, -0.25) is 0 Å². The Morgan fingerprint density at radius 2 is 1.88 bits per heavy atom. The molecule has 2 atom stereocenters. The van der Waals surface area contributed by atoms with Crippen LogP contribution in [-0.2, 0) is 4.74 Å². The molecule has 2 aliphatic heterocycles. The number of nitrogens with zero attached hydrogens (tertiary/aromatic N) is 2. The second kappa shape index (κ2) is 9.09. The smallest absolute Gasteiger partial charge is 0.337 e. The number of hydrogen-bond donors (Lipinski definition) is 0. The molecule has 0 saturated heterocycles. The molecule has 0 spiro atoms. The summed E-state index contributed by atoms with van der Waals surface area (Å²) in [5, 5.41) is 7.00. The molecule has 0 saturated carbocycles. The van der Waals surface area contributed by atoms with Gasteiger partial charge in [0.05, 0.1) is 38.1 Å². The van der Waals surface area contributed by atoms with Crippen LogP contribution in [0.3, 0.4) is 0 Å². The van der Waals surface area contributed by atoms with Crippen molar-refractivity contribution in [3.8, 4) is 17.2 Å². The SMILES string of the molecule is CCOc1cccc2c1O[C@@H](c1ccc(C(=O)OC)cc1)N1N=C(c3cccc(OC)c3)C[C@@H]21. The Morgan fingerprint density at radius 1 is 1.09 bits per heavy atom. The van der Waals surface area contributed by atoms with Crippen molar-refractivity contribution in [2.75, 3.05) is 20.8 Å². The van der Waals surface area contributed by atoms with Crippen LogP contribution in [0.25, 0.3) is 0 Å². The quantitative estimate of drug-likeness (QED) is 0.478. The van der Waals surface area contributed by atoms with Crippen molar-refractivity contribution in [2.45, 2.75) is 25.6 Å². The van der Waals surface area contributed by atoms with Gasteiger partial charge in [0, 0.05) is 23.1 Å². The molecule has 0 aromatic heterocycles. The van der Waals surface area contributed by atoms with E-state index in [1.54, 1.807) is 19.2 Å². The van der Waals surface area contributed by atoms with E-state index in [2.05, 4.69) is 6.07 Å². The molecule has 34 heavy (non-hydrogen) atoms. The van der Waals surface area contributed by atoms with Crippen LogP contribution < -0.4 is 14.2 Å². The average Bonchev–Trinajstić information content (AvgIpc) is 3.34. The van der Waals surface area contributed by atoms with Gasteiger partial charge >= 0.3 is 5.97 Å². The highest BCUT2D eigenvalue weighted by Crippen LogP contribution is 2.50. The van der Waals surface area contributed by atoms with E-state index in [1.165, 1.54) is 7.11 Å². The molecule has 5 rings (SSSR count). The lowest BCUT2D eigenvalue weighted by Gasteiger charge is -2.38. The molecule has 0 bridgehead atoms. The van der Waals surface area contributed by atoms with Crippen molar-refractivity contribution < 1.29 is 23.7 Å². The van der Waals surface area contributed by atoms with Gasteiger partial charge in [0.2, 0.25) is 6.23 Å². The van der Waals surface area contributed by atoms with Crippen molar-refractivity contribution in [3.63, 3.8) is 0 Å². The zero-order chi connectivity index (χ0) is 23.7. The number of hydrazone groups is 1. The van der Waals surface area contributed by atoms with E-state index in [-0.39, 0.29) is 12.0 Å². The molecule has 0 radical (unpaired) electrons. The van der Waals surface area contributed by atoms with Crippen molar-refractivity contribution in [1.29, 1.82) is 0 Å². The molecule has 0 N–H and O–H groups in total. The fourth-order valence-electron chi connectivity index (χ4n) is 4.45. The lowest BCUT2D eigenvalue weighted by atomic mass is 9.95. The number of benzene rings is 3. The van der Waals surface area contributed by atoms with Crippen LogP contribution >= 0.6 is 0 Å². The zero-order valence-corrected chi connectivity index (χ0v) is 19.4. The number of para-hydroxylation sites is 1. The topological polar surface area (TPSA) is 69.6 Å². The third-order valence-electron chi connectivity index (χ3n) is 6.10. The molecule has 174 valence electrons. The summed E-state index contributed by atoms with van der Waals surface area (Å²) in [5.74, 6) is 1.85. The van der Waals surface area contributed by atoms with Crippen molar-refractivity contribution in [1.82, 2.24) is 5.01 Å². The number of esters is 1. The third kappa shape index (κ3) is 3.83. The molecule has 3 aromatic rings. The molecule has 2 heterocycles. The number of hydrogen-bond acceptors (Lipinski definition) is 7. The predicted molar refractivity (Wildman–Crippen MR) is 127 cm³/mol. The lowest BCUT2D eigenvalue weighted by Crippen LogP contribution is -2.34. The van der Waals surface area contributed by atoms with Gasteiger partial charge in [-0.1, -0.05) is 36.4 Å². The first-order chi connectivity index (χ1) is 16.6. The summed E-state index contributed by atoms with van der Waals surface area (Å²) in [5.41, 5.74) is 4.37. The van der Waals surface area contributed by atoms with Gasteiger partial charge in [0.15, 0.2) is 11.5 Å². The Morgan fingerprint density at radius 3 is 2.62 bits per heavy atom. The van der Waals surface area contributed by atoms with Crippen molar-refractivity contribution in [3.05, 3.63) is 89.0 Å². The van der Waals surface area contributed by atoms with Gasteiger partial charge in [-0.05, 0) is 37.3 Å². The summed E-state index contributed by atoms with van der Waals surface area (Å²) in [7, 11) is 3.03. The highest BCUT2D eigenvalue weighted by molar-refractivity contribution is 6.02. The number of carbonyl (C=O) groups is 1. The van der Waals surface area contributed by atoms with Crippen molar-refractivity contribution >= 4 is 11.7 Å². The van der Waals surface area contributed by atoms with E-state index in [9.17, 15) is 4.79 Å². The first kappa shape index (κ1) is 21.8. The summed E-state index contributed by atoms with van der Waals surface area (Å²) in [6.07, 6.45) is 0.240. The number of ether oxygens (including phenoxy) is 4. The van der Waals surface area contributed by atoms with Gasteiger partial charge in [0.25, 0.3) is 0 Å². The number of fused-ring (bicyclic) bond motifs is 3. The molecule has 7 nitrogen and oxygen atoms in total. The number of rotatable bonds is 6. The van der Waals surface area contributed by atoms with Gasteiger partial charge in [-0.15, -0.1) is 0 Å². The molecule has 3 aromatic carbocycles. The summed E-state index contributed by atoms with van der Waals surface area (Å²) < 4.78 is 22.7. The molecule has 0 amide bonds. The highest BCUT2D eigenvalue weighted by atomic mass is 16.5. The fraction of sp³-hybridized carbons (Fsp3) is 0.259. The van der Waals surface area contributed by atoms with Crippen LogP contribution in [0, 0.1) is 0 Å². The number of carbonyl (C=O) groups excluding carboxylic acids is 1. The van der Waals surface area contributed by atoms with Gasteiger partial charge in [-0.2, -0.15) is 5.10 Å². The molecule has 0 unspecified atom stereocenters. The molecule has 0 aliphatic carbocycles. The Balaban J connectivity index is 1.57. The highest BCUT2D eigenvalue weighted by Gasteiger charge is 2.42. The second-order valence-corrected chi connectivity index (χ2v) is 8.07. The van der Waals surface area contributed by atoms with E-state index < -0.39 is 6.23 Å². The van der Waals surface area contributed by atoms with Crippen LogP contribution in [0.2, 0.25) is 0 Å². The predicted octanol–water partition coefficient (Wildman–Crippen LogP) is 5.12. The fourth-order valence-corrected chi connectivity index (χ4v) is 4.45. The van der Waals surface area contributed by atoms with Gasteiger partial charge < -0.3 is 18.9 Å². The molecule has 7 heteroatoms. The van der Waals surface area contributed by atoms with Crippen LogP contribution in [0.15, 0.2) is 71.8 Å². The van der Waals surface area contributed by atoms with E-state index in [0.29, 0.717) is 17.9 Å². The summed E-state index contributed by atoms with van der Waals surface area (Å²) in [6.45, 7) is 2.50. The van der Waals surface area contributed by atoms with Crippen LogP contribution in [0.4, 0.5) is 0 Å². The molecular weight excluding hydrogens is 432 g/mol. The molecule has 2 aliphatic rings. The van der Waals surface area contributed by atoms with Crippen LogP contribution in [0.5, 0.6) is 17.2 Å². The van der Waals surface area contributed by atoms with E-state index in [4.69, 9.17) is 24.0 Å². The minimum atomic E-state index is -0.478. The Hall–Kier alpha value is -4.00. The maximum Gasteiger partial charge on any atom is 0.337 e. The standard InChI is InChI=1S/C27H26N2O5/c1-4-33-24-10-6-9-21-23-16-22(19-7-5-8-20(15-19)31-2)28-29(23)26(34-25(21)24)17-11-13-18(14-12-17)27(30)32-3/h5-15,23,26H,4,16H2,1-3H3/t23-,26-/m0/s1. The van der Waals surface area contributed by atoms with Crippen LogP contribution in [0.1, 0.15) is 52.7 Å². The van der Waals surface area contributed by atoms with Gasteiger partial charge in [0.1, 0.15) is 5.75 Å². The number of methoxy groups -OCH3 is 2. The summed E-state index contributed by atoms with van der Waals surface area (Å²) in [4.78, 5) is 11.9. The maximum absolute atomic E-state index is 11.9. The first-order valence-corrected chi connectivity index (χ1v) is 11.2. The minimum absolute atomic E-state index is 0.0179. The summed E-state index contributed by atoms with van der Waals surface area (Å²) in [6, 6.07) is 21.1. The second-order valence-electron chi connectivity index (χ2n) is 8.07. The summed E-state index contributed by atoms with van der Waals surface area (Å²) >= 11 is 0. The average molecular weight is 459 g/mol. The zero-order valence-electron chi connectivity index (χ0n) is 19.4. The van der Waals surface area contributed by atoms with E-state index >= 15 is 0 Å². The largest absolute Gasteiger partial charge is 0.497 e.